The number of carboxylic acid groups (broad SMARTS) is 1. The van der Waals surface area contributed by atoms with E-state index in [2.05, 4.69) is 5.10 Å². The van der Waals surface area contributed by atoms with E-state index in [1.807, 2.05) is 38.1 Å². The predicted octanol–water partition coefficient (Wildman–Crippen LogP) is 2.60. The number of aromatic nitrogens is 2. The zero-order valence-electron chi connectivity index (χ0n) is 11.7. The third kappa shape index (κ3) is 2.99. The van der Waals surface area contributed by atoms with Gasteiger partial charge in [-0.15, -0.1) is 0 Å². The van der Waals surface area contributed by atoms with Gasteiger partial charge in [-0.25, -0.2) is 4.68 Å². The summed E-state index contributed by atoms with van der Waals surface area (Å²) in [5.41, 5.74) is 2.76. The first-order chi connectivity index (χ1) is 9.63. The van der Waals surface area contributed by atoms with Crippen LogP contribution in [0.25, 0.3) is 5.69 Å². The normalized spacial score (nSPS) is 10.5. The average Bonchev–Trinajstić information content (AvgIpc) is 2.79. The standard InChI is InChI=1S/C15H18N2O3/c1-3-20-14-7-5-4-6-13(14)17-11(2)12(10-16-17)8-9-15(18)19/h4-7,10H,3,8-9H2,1-2H3,(H,18,19). The first kappa shape index (κ1) is 14.1. The fourth-order valence-corrected chi connectivity index (χ4v) is 2.08. The lowest BCUT2D eigenvalue weighted by molar-refractivity contribution is -0.136. The summed E-state index contributed by atoms with van der Waals surface area (Å²) in [5.74, 6) is -0.0298. The van der Waals surface area contributed by atoms with E-state index in [1.54, 1.807) is 10.9 Å². The minimum absolute atomic E-state index is 0.111. The minimum Gasteiger partial charge on any atom is -0.492 e. The third-order valence-electron chi connectivity index (χ3n) is 3.11. The number of nitrogens with zero attached hydrogens (tertiary/aromatic N) is 2. The number of hydrogen-bond acceptors (Lipinski definition) is 3. The maximum Gasteiger partial charge on any atom is 0.303 e. The summed E-state index contributed by atoms with van der Waals surface area (Å²) in [6, 6.07) is 7.68. The summed E-state index contributed by atoms with van der Waals surface area (Å²) in [7, 11) is 0. The van der Waals surface area contributed by atoms with Gasteiger partial charge in [-0.3, -0.25) is 4.79 Å². The quantitative estimate of drug-likeness (QED) is 0.879. The first-order valence-corrected chi connectivity index (χ1v) is 6.61. The fraction of sp³-hybridized carbons (Fsp3) is 0.333. The maximum absolute atomic E-state index is 10.7. The topological polar surface area (TPSA) is 64.4 Å². The van der Waals surface area contributed by atoms with Crippen LogP contribution in [0.15, 0.2) is 30.5 Å². The molecular formula is C15H18N2O3. The van der Waals surface area contributed by atoms with Crippen LogP contribution < -0.4 is 4.74 Å². The van der Waals surface area contributed by atoms with Crippen LogP contribution in [0.2, 0.25) is 0 Å². The van der Waals surface area contributed by atoms with Crippen molar-refractivity contribution >= 4 is 5.97 Å². The van der Waals surface area contributed by atoms with Crippen LogP contribution in [0.5, 0.6) is 5.75 Å². The Morgan fingerprint density at radius 3 is 2.85 bits per heavy atom. The number of hydrogen-bond donors (Lipinski definition) is 1. The molecule has 0 fully saturated rings. The maximum atomic E-state index is 10.7. The van der Waals surface area contributed by atoms with Gasteiger partial charge in [-0.2, -0.15) is 5.10 Å². The molecule has 0 atom stereocenters. The zero-order chi connectivity index (χ0) is 14.5. The highest BCUT2D eigenvalue weighted by molar-refractivity contribution is 5.67. The van der Waals surface area contributed by atoms with Gasteiger partial charge in [-0.05, 0) is 38.0 Å². The lowest BCUT2D eigenvalue weighted by Gasteiger charge is -2.11. The molecule has 1 heterocycles. The Morgan fingerprint density at radius 2 is 2.15 bits per heavy atom. The lowest BCUT2D eigenvalue weighted by atomic mass is 10.1. The predicted molar refractivity (Wildman–Crippen MR) is 75.4 cm³/mol. The van der Waals surface area contributed by atoms with E-state index in [9.17, 15) is 4.79 Å². The molecule has 0 aliphatic carbocycles. The molecule has 1 aromatic heterocycles. The molecule has 106 valence electrons. The summed E-state index contributed by atoms with van der Waals surface area (Å²) < 4.78 is 7.39. The third-order valence-corrected chi connectivity index (χ3v) is 3.11. The summed E-state index contributed by atoms with van der Waals surface area (Å²) in [6.07, 6.45) is 2.32. The number of carboxylic acids is 1. The number of benzene rings is 1. The van der Waals surface area contributed by atoms with Crippen LogP contribution in [-0.4, -0.2) is 27.5 Å². The molecule has 2 rings (SSSR count). The van der Waals surface area contributed by atoms with Crippen molar-refractivity contribution in [3.05, 3.63) is 41.7 Å². The second kappa shape index (κ2) is 6.23. The van der Waals surface area contributed by atoms with Crippen LogP contribution >= 0.6 is 0 Å². The van der Waals surface area contributed by atoms with Crippen LogP contribution in [0.1, 0.15) is 24.6 Å². The van der Waals surface area contributed by atoms with Crippen molar-refractivity contribution in [3.8, 4) is 11.4 Å². The van der Waals surface area contributed by atoms with Crippen molar-refractivity contribution < 1.29 is 14.6 Å². The first-order valence-electron chi connectivity index (χ1n) is 6.61. The van der Waals surface area contributed by atoms with Crippen LogP contribution in [0, 0.1) is 6.92 Å². The van der Waals surface area contributed by atoms with Crippen molar-refractivity contribution in [2.24, 2.45) is 0 Å². The highest BCUT2D eigenvalue weighted by Gasteiger charge is 2.12. The van der Waals surface area contributed by atoms with E-state index in [0.29, 0.717) is 13.0 Å². The molecule has 2 aromatic rings. The number of ether oxygens (including phenoxy) is 1. The van der Waals surface area contributed by atoms with E-state index in [4.69, 9.17) is 9.84 Å². The van der Waals surface area contributed by atoms with E-state index >= 15 is 0 Å². The second-order valence-electron chi connectivity index (χ2n) is 4.46. The zero-order valence-corrected chi connectivity index (χ0v) is 11.7. The minimum atomic E-state index is -0.799. The smallest absolute Gasteiger partial charge is 0.303 e. The van der Waals surface area contributed by atoms with Gasteiger partial charge in [0, 0.05) is 12.1 Å². The summed E-state index contributed by atoms with van der Waals surface area (Å²) in [5, 5.41) is 13.1. The molecule has 0 amide bonds. The Morgan fingerprint density at radius 1 is 1.40 bits per heavy atom. The van der Waals surface area contributed by atoms with Gasteiger partial charge >= 0.3 is 5.97 Å². The molecule has 1 N–H and O–H groups in total. The number of rotatable bonds is 6. The van der Waals surface area contributed by atoms with Gasteiger partial charge < -0.3 is 9.84 Å². The lowest BCUT2D eigenvalue weighted by Crippen LogP contribution is -2.04. The molecule has 0 aliphatic rings. The number of aliphatic carboxylic acids is 1. The molecule has 0 unspecified atom stereocenters. The van der Waals surface area contributed by atoms with Crippen LogP contribution in [-0.2, 0) is 11.2 Å². The molecule has 0 aliphatic heterocycles. The Balaban J connectivity index is 2.32. The van der Waals surface area contributed by atoms with Gasteiger partial charge in [0.25, 0.3) is 0 Å². The van der Waals surface area contributed by atoms with Gasteiger partial charge in [0.1, 0.15) is 11.4 Å². The molecule has 0 spiro atoms. The second-order valence-corrected chi connectivity index (χ2v) is 4.46. The van der Waals surface area contributed by atoms with Gasteiger partial charge in [-0.1, -0.05) is 12.1 Å². The Kier molecular flexibility index (Phi) is 4.40. The number of carbonyl (C=O) groups is 1. The van der Waals surface area contributed by atoms with Crippen molar-refractivity contribution in [2.75, 3.05) is 6.61 Å². The molecule has 0 radical (unpaired) electrons. The van der Waals surface area contributed by atoms with Crippen molar-refractivity contribution in [1.82, 2.24) is 9.78 Å². The molecule has 20 heavy (non-hydrogen) atoms. The molecule has 0 saturated heterocycles. The fourth-order valence-electron chi connectivity index (χ4n) is 2.08. The largest absolute Gasteiger partial charge is 0.492 e. The summed E-state index contributed by atoms with van der Waals surface area (Å²) in [4.78, 5) is 10.7. The molecule has 5 heteroatoms. The highest BCUT2D eigenvalue weighted by atomic mass is 16.5. The Bertz CT molecular complexity index is 605. The van der Waals surface area contributed by atoms with Crippen molar-refractivity contribution in [3.63, 3.8) is 0 Å². The Labute approximate surface area is 117 Å². The van der Waals surface area contributed by atoms with Crippen molar-refractivity contribution in [1.29, 1.82) is 0 Å². The highest BCUT2D eigenvalue weighted by Crippen LogP contribution is 2.24. The van der Waals surface area contributed by atoms with Crippen molar-refractivity contribution in [2.45, 2.75) is 26.7 Å². The van der Waals surface area contributed by atoms with Gasteiger partial charge in [0.05, 0.1) is 12.8 Å². The van der Waals surface area contributed by atoms with E-state index < -0.39 is 5.97 Å². The molecule has 0 bridgehead atoms. The summed E-state index contributed by atoms with van der Waals surface area (Å²) in [6.45, 7) is 4.46. The van der Waals surface area contributed by atoms with E-state index in [-0.39, 0.29) is 6.42 Å². The van der Waals surface area contributed by atoms with E-state index in [1.165, 1.54) is 0 Å². The SMILES string of the molecule is CCOc1ccccc1-n1ncc(CCC(=O)O)c1C. The molecule has 5 nitrogen and oxygen atoms in total. The monoisotopic (exact) mass is 274 g/mol. The number of para-hydroxylation sites is 2. The van der Waals surface area contributed by atoms with Crippen LogP contribution in [0.4, 0.5) is 0 Å². The molecular weight excluding hydrogens is 256 g/mol. The summed E-state index contributed by atoms with van der Waals surface area (Å²) >= 11 is 0. The molecule has 1 aromatic carbocycles. The van der Waals surface area contributed by atoms with Gasteiger partial charge in [0.15, 0.2) is 0 Å². The average molecular weight is 274 g/mol. The van der Waals surface area contributed by atoms with Crippen LogP contribution in [0.3, 0.4) is 0 Å². The molecule has 0 saturated carbocycles. The van der Waals surface area contributed by atoms with E-state index in [0.717, 1.165) is 22.7 Å². The number of aryl methyl sites for hydroxylation is 1. The van der Waals surface area contributed by atoms with Gasteiger partial charge in [0.2, 0.25) is 0 Å². The Hall–Kier alpha value is -2.30.